The first kappa shape index (κ1) is 20.6. The van der Waals surface area contributed by atoms with Crippen molar-refractivity contribution in [1.29, 1.82) is 0 Å². The number of nitrogens with zero attached hydrogens (tertiary/aromatic N) is 1. The van der Waals surface area contributed by atoms with Crippen LogP contribution in [-0.2, 0) is 4.79 Å². The van der Waals surface area contributed by atoms with Crippen molar-refractivity contribution in [2.24, 2.45) is 5.10 Å². The van der Waals surface area contributed by atoms with Crippen molar-refractivity contribution in [2.75, 3.05) is 6.61 Å². The zero-order valence-corrected chi connectivity index (χ0v) is 17.1. The van der Waals surface area contributed by atoms with Crippen LogP contribution in [0.5, 0.6) is 5.75 Å². The van der Waals surface area contributed by atoms with Gasteiger partial charge in [-0.25, -0.2) is 5.43 Å². The molecule has 1 amide bonds. The van der Waals surface area contributed by atoms with Crippen molar-refractivity contribution in [3.63, 3.8) is 0 Å². The maximum atomic E-state index is 11.8. The van der Waals surface area contributed by atoms with Gasteiger partial charge < -0.3 is 9.15 Å². The first-order valence-electron chi connectivity index (χ1n) is 7.87. The Bertz CT molecular complexity index is 1020. The molecule has 0 atom stereocenters. The molecule has 1 N–H and O–H groups in total. The van der Waals surface area contributed by atoms with E-state index in [0.717, 1.165) is 0 Å². The Balaban J connectivity index is 1.56. The second kappa shape index (κ2) is 9.34. The van der Waals surface area contributed by atoms with Crippen molar-refractivity contribution in [2.45, 2.75) is 0 Å². The van der Waals surface area contributed by atoms with Crippen molar-refractivity contribution in [1.82, 2.24) is 5.43 Å². The van der Waals surface area contributed by atoms with Gasteiger partial charge in [0.05, 0.1) is 21.3 Å². The molecule has 0 unspecified atom stereocenters. The number of rotatable bonds is 6. The Morgan fingerprint density at radius 1 is 1.00 bits per heavy atom. The van der Waals surface area contributed by atoms with Gasteiger partial charge in [-0.05, 0) is 48.5 Å². The smallest absolute Gasteiger partial charge is 0.277 e. The van der Waals surface area contributed by atoms with E-state index in [4.69, 9.17) is 55.6 Å². The number of amides is 1. The number of benzene rings is 2. The van der Waals surface area contributed by atoms with Crippen LogP contribution in [0.1, 0.15) is 5.76 Å². The Labute approximate surface area is 180 Å². The van der Waals surface area contributed by atoms with Crippen LogP contribution in [0.15, 0.2) is 58.0 Å². The molecule has 0 aliphatic heterocycles. The molecule has 9 heteroatoms. The van der Waals surface area contributed by atoms with Crippen LogP contribution >= 0.6 is 46.4 Å². The minimum atomic E-state index is -0.425. The van der Waals surface area contributed by atoms with E-state index in [1.807, 2.05) is 0 Å². The molecule has 0 bridgehead atoms. The summed E-state index contributed by atoms with van der Waals surface area (Å²) in [5.41, 5.74) is 2.94. The molecule has 0 aliphatic carbocycles. The third-order valence-corrected chi connectivity index (χ3v) is 4.75. The SMILES string of the molecule is O=C(COc1ccc(Cl)cc1)N/N=C/c1ccc(-c2cc(Cl)c(Cl)cc2Cl)o1. The van der Waals surface area contributed by atoms with Crippen molar-refractivity contribution in [3.05, 3.63) is 74.4 Å². The standard InChI is InChI=1S/C19H12Cl4N2O3/c20-11-1-3-12(4-2-11)27-10-19(26)25-24-9-13-5-6-18(28-13)14-7-16(22)17(23)8-15(14)21/h1-9H,10H2,(H,25,26)/b24-9+. The Morgan fingerprint density at radius 2 is 1.71 bits per heavy atom. The van der Waals surface area contributed by atoms with Crippen LogP contribution in [0, 0.1) is 0 Å². The van der Waals surface area contributed by atoms with Crippen LogP contribution in [0.25, 0.3) is 11.3 Å². The highest BCUT2D eigenvalue weighted by Crippen LogP contribution is 2.35. The summed E-state index contributed by atoms with van der Waals surface area (Å²) in [6.45, 7) is -0.193. The monoisotopic (exact) mass is 456 g/mol. The van der Waals surface area contributed by atoms with E-state index in [-0.39, 0.29) is 6.61 Å². The van der Waals surface area contributed by atoms with Crippen LogP contribution < -0.4 is 10.2 Å². The quantitative estimate of drug-likeness (QED) is 0.276. The average molecular weight is 458 g/mol. The fourth-order valence-corrected chi connectivity index (χ4v) is 2.92. The van der Waals surface area contributed by atoms with Gasteiger partial charge in [-0.1, -0.05) is 46.4 Å². The maximum Gasteiger partial charge on any atom is 0.277 e. The molecule has 3 aromatic rings. The van der Waals surface area contributed by atoms with E-state index >= 15 is 0 Å². The fourth-order valence-electron chi connectivity index (χ4n) is 2.16. The van der Waals surface area contributed by atoms with E-state index in [9.17, 15) is 4.79 Å². The molecule has 144 valence electrons. The van der Waals surface area contributed by atoms with E-state index in [2.05, 4.69) is 10.5 Å². The molecule has 0 spiro atoms. The minimum absolute atomic E-state index is 0.193. The molecule has 0 fully saturated rings. The summed E-state index contributed by atoms with van der Waals surface area (Å²) in [7, 11) is 0. The Hall–Kier alpha value is -2.18. The van der Waals surface area contributed by atoms with Crippen LogP contribution in [0.3, 0.4) is 0 Å². The lowest BCUT2D eigenvalue weighted by atomic mass is 10.2. The number of ether oxygens (including phenoxy) is 1. The summed E-state index contributed by atoms with van der Waals surface area (Å²) >= 11 is 23.9. The molecular formula is C19H12Cl4N2O3. The minimum Gasteiger partial charge on any atom is -0.484 e. The number of hydrogen-bond donors (Lipinski definition) is 1. The lowest BCUT2D eigenvalue weighted by Crippen LogP contribution is -2.24. The average Bonchev–Trinajstić information content (AvgIpc) is 3.13. The molecule has 2 aromatic carbocycles. The van der Waals surface area contributed by atoms with Gasteiger partial charge in [-0.15, -0.1) is 0 Å². The number of nitrogens with one attached hydrogen (secondary N) is 1. The molecule has 5 nitrogen and oxygen atoms in total. The fraction of sp³-hybridized carbons (Fsp3) is 0.0526. The zero-order chi connectivity index (χ0) is 20.1. The van der Waals surface area contributed by atoms with Gasteiger partial charge in [0.15, 0.2) is 6.61 Å². The second-order valence-electron chi connectivity index (χ2n) is 5.48. The van der Waals surface area contributed by atoms with Gasteiger partial charge >= 0.3 is 0 Å². The summed E-state index contributed by atoms with van der Waals surface area (Å²) in [6, 6.07) is 13.2. The van der Waals surface area contributed by atoms with E-state index < -0.39 is 5.91 Å². The third-order valence-electron chi connectivity index (χ3n) is 3.47. The summed E-state index contributed by atoms with van der Waals surface area (Å²) in [6.07, 6.45) is 1.36. The van der Waals surface area contributed by atoms with Gasteiger partial charge in [0.2, 0.25) is 0 Å². The van der Waals surface area contributed by atoms with Gasteiger partial charge in [0, 0.05) is 10.6 Å². The highest BCUT2D eigenvalue weighted by Gasteiger charge is 2.11. The van der Waals surface area contributed by atoms with Gasteiger partial charge in [0.1, 0.15) is 17.3 Å². The zero-order valence-electron chi connectivity index (χ0n) is 14.1. The third kappa shape index (κ3) is 5.42. The predicted molar refractivity (Wildman–Crippen MR) is 112 cm³/mol. The molecule has 3 rings (SSSR count). The number of carbonyl (C=O) groups is 1. The predicted octanol–water partition coefficient (Wildman–Crippen LogP) is 6.09. The summed E-state index contributed by atoms with van der Waals surface area (Å²) in [5.74, 6) is 1.00. The first-order chi connectivity index (χ1) is 13.4. The van der Waals surface area contributed by atoms with Crippen molar-refractivity contribution >= 4 is 58.5 Å². The van der Waals surface area contributed by atoms with Crippen molar-refractivity contribution < 1.29 is 13.9 Å². The molecular weight excluding hydrogens is 446 g/mol. The number of hydrazone groups is 1. The van der Waals surface area contributed by atoms with E-state index in [0.29, 0.717) is 42.9 Å². The topological polar surface area (TPSA) is 63.8 Å². The highest BCUT2D eigenvalue weighted by molar-refractivity contribution is 6.44. The highest BCUT2D eigenvalue weighted by atomic mass is 35.5. The van der Waals surface area contributed by atoms with Crippen LogP contribution in [0.2, 0.25) is 20.1 Å². The Kier molecular flexibility index (Phi) is 6.86. The molecule has 0 saturated carbocycles. The van der Waals surface area contributed by atoms with Gasteiger partial charge in [-0.3, -0.25) is 4.79 Å². The second-order valence-corrected chi connectivity index (χ2v) is 7.14. The van der Waals surface area contributed by atoms with Gasteiger partial charge in [0.25, 0.3) is 5.91 Å². The number of hydrogen-bond acceptors (Lipinski definition) is 4. The molecule has 0 radical (unpaired) electrons. The molecule has 0 saturated heterocycles. The molecule has 0 aliphatic rings. The molecule has 1 heterocycles. The largest absolute Gasteiger partial charge is 0.484 e. The van der Waals surface area contributed by atoms with Crippen LogP contribution in [-0.4, -0.2) is 18.7 Å². The van der Waals surface area contributed by atoms with Crippen molar-refractivity contribution in [3.8, 4) is 17.1 Å². The maximum absolute atomic E-state index is 11.8. The van der Waals surface area contributed by atoms with Crippen LogP contribution in [0.4, 0.5) is 0 Å². The summed E-state index contributed by atoms with van der Waals surface area (Å²) in [4.78, 5) is 11.8. The normalized spacial score (nSPS) is 11.0. The lowest BCUT2D eigenvalue weighted by Gasteiger charge is -2.04. The molecule has 28 heavy (non-hydrogen) atoms. The molecule has 1 aromatic heterocycles. The van der Waals surface area contributed by atoms with E-state index in [1.165, 1.54) is 12.3 Å². The lowest BCUT2D eigenvalue weighted by molar-refractivity contribution is -0.123. The summed E-state index contributed by atoms with van der Waals surface area (Å²) in [5, 5.41) is 5.53. The summed E-state index contributed by atoms with van der Waals surface area (Å²) < 4.78 is 11.0. The van der Waals surface area contributed by atoms with Gasteiger partial charge in [-0.2, -0.15) is 5.10 Å². The number of furan rings is 1. The first-order valence-corrected chi connectivity index (χ1v) is 9.38. The number of halogens is 4. The Morgan fingerprint density at radius 3 is 2.46 bits per heavy atom. The number of carbonyl (C=O) groups excluding carboxylic acids is 1. The van der Waals surface area contributed by atoms with E-state index in [1.54, 1.807) is 42.5 Å².